The predicted octanol–water partition coefficient (Wildman–Crippen LogP) is 3.06. The SMILES string of the molecule is CN(C)S(=O)(=O)c1ccc(Cl)c(C(=O)OCc2nnc(-c3cccs3)o2)c1. The van der Waals surface area contributed by atoms with Gasteiger partial charge in [-0.1, -0.05) is 17.7 Å². The first-order valence-corrected chi connectivity index (χ1v) is 10.2. The van der Waals surface area contributed by atoms with E-state index in [0.717, 1.165) is 9.18 Å². The van der Waals surface area contributed by atoms with Crippen LogP contribution in [0.3, 0.4) is 0 Å². The third-order valence-corrected chi connectivity index (χ3v) is 6.46. The lowest BCUT2D eigenvalue weighted by Gasteiger charge is -2.12. The second-order valence-electron chi connectivity index (χ2n) is 5.48. The van der Waals surface area contributed by atoms with Gasteiger partial charge in [-0.3, -0.25) is 0 Å². The summed E-state index contributed by atoms with van der Waals surface area (Å²) in [6.45, 7) is -0.266. The van der Waals surface area contributed by atoms with Gasteiger partial charge in [0.1, 0.15) is 0 Å². The average Bonchev–Trinajstić information content (AvgIpc) is 3.31. The Morgan fingerprint density at radius 3 is 2.74 bits per heavy atom. The molecule has 27 heavy (non-hydrogen) atoms. The van der Waals surface area contributed by atoms with Crippen molar-refractivity contribution in [1.82, 2.24) is 14.5 Å². The number of benzene rings is 1. The first-order valence-electron chi connectivity index (χ1n) is 7.54. The molecule has 2 aromatic heterocycles. The van der Waals surface area contributed by atoms with Crippen molar-refractivity contribution >= 4 is 38.9 Å². The Morgan fingerprint density at radius 1 is 1.30 bits per heavy atom. The van der Waals surface area contributed by atoms with Crippen LogP contribution in [0.25, 0.3) is 10.8 Å². The fraction of sp³-hybridized carbons (Fsp3) is 0.188. The Hall–Kier alpha value is -2.27. The van der Waals surface area contributed by atoms with Crippen LogP contribution in [0.4, 0.5) is 0 Å². The van der Waals surface area contributed by atoms with E-state index in [2.05, 4.69) is 10.2 Å². The molecule has 11 heteroatoms. The maximum absolute atomic E-state index is 12.3. The van der Waals surface area contributed by atoms with Crippen LogP contribution in [0.2, 0.25) is 5.02 Å². The molecule has 0 aliphatic rings. The van der Waals surface area contributed by atoms with Gasteiger partial charge in [-0.25, -0.2) is 17.5 Å². The van der Waals surface area contributed by atoms with Crippen LogP contribution in [0, 0.1) is 0 Å². The van der Waals surface area contributed by atoms with E-state index in [1.165, 1.54) is 43.6 Å². The minimum atomic E-state index is -3.71. The Labute approximate surface area is 164 Å². The van der Waals surface area contributed by atoms with Crippen LogP contribution in [-0.4, -0.2) is 43.0 Å². The van der Waals surface area contributed by atoms with E-state index in [4.69, 9.17) is 20.8 Å². The van der Waals surface area contributed by atoms with Gasteiger partial charge >= 0.3 is 5.97 Å². The normalized spacial score (nSPS) is 11.7. The lowest BCUT2D eigenvalue weighted by atomic mass is 10.2. The lowest BCUT2D eigenvalue weighted by Crippen LogP contribution is -2.22. The van der Waals surface area contributed by atoms with Gasteiger partial charge < -0.3 is 9.15 Å². The van der Waals surface area contributed by atoms with Crippen molar-refractivity contribution in [3.8, 4) is 10.8 Å². The Morgan fingerprint density at radius 2 is 2.07 bits per heavy atom. The smallest absolute Gasteiger partial charge is 0.340 e. The Balaban J connectivity index is 1.75. The van der Waals surface area contributed by atoms with Gasteiger partial charge in [-0.15, -0.1) is 21.5 Å². The van der Waals surface area contributed by atoms with Gasteiger partial charge in [0.25, 0.3) is 11.8 Å². The number of sulfonamides is 1. The number of halogens is 1. The minimum absolute atomic E-state index is 0.0679. The highest BCUT2D eigenvalue weighted by molar-refractivity contribution is 7.89. The monoisotopic (exact) mass is 427 g/mol. The fourth-order valence-electron chi connectivity index (χ4n) is 2.05. The third kappa shape index (κ3) is 4.19. The van der Waals surface area contributed by atoms with Crippen LogP contribution in [0.15, 0.2) is 45.0 Å². The van der Waals surface area contributed by atoms with Crippen molar-refractivity contribution in [2.24, 2.45) is 0 Å². The highest BCUT2D eigenvalue weighted by Crippen LogP contribution is 2.25. The molecule has 0 N–H and O–H groups in total. The topological polar surface area (TPSA) is 103 Å². The van der Waals surface area contributed by atoms with Crippen LogP contribution in [0.1, 0.15) is 16.2 Å². The molecule has 3 aromatic rings. The summed E-state index contributed by atoms with van der Waals surface area (Å²) in [5.74, 6) is -0.361. The molecule has 0 atom stereocenters. The van der Waals surface area contributed by atoms with Crippen molar-refractivity contribution in [3.05, 3.63) is 52.2 Å². The summed E-state index contributed by atoms with van der Waals surface area (Å²) < 4.78 is 36.0. The summed E-state index contributed by atoms with van der Waals surface area (Å²) in [7, 11) is -0.928. The number of hydrogen-bond acceptors (Lipinski definition) is 8. The van der Waals surface area contributed by atoms with E-state index in [-0.39, 0.29) is 28.0 Å². The molecular weight excluding hydrogens is 414 g/mol. The largest absolute Gasteiger partial charge is 0.452 e. The molecule has 3 rings (SSSR count). The summed E-state index contributed by atoms with van der Waals surface area (Å²) >= 11 is 7.45. The first-order chi connectivity index (χ1) is 12.8. The summed E-state index contributed by atoms with van der Waals surface area (Å²) in [5, 5.41) is 9.64. The molecule has 0 aliphatic heterocycles. The second-order valence-corrected chi connectivity index (χ2v) is 8.99. The van der Waals surface area contributed by atoms with Gasteiger partial charge in [-0.2, -0.15) is 0 Å². The Bertz CT molecular complexity index is 1060. The van der Waals surface area contributed by atoms with E-state index in [1.54, 1.807) is 0 Å². The predicted molar refractivity (Wildman–Crippen MR) is 99.1 cm³/mol. The highest BCUT2D eigenvalue weighted by Gasteiger charge is 2.22. The van der Waals surface area contributed by atoms with E-state index < -0.39 is 16.0 Å². The van der Waals surface area contributed by atoms with Crippen LogP contribution >= 0.6 is 22.9 Å². The molecule has 0 aliphatic carbocycles. The van der Waals surface area contributed by atoms with E-state index >= 15 is 0 Å². The van der Waals surface area contributed by atoms with Crippen molar-refractivity contribution in [1.29, 1.82) is 0 Å². The maximum atomic E-state index is 12.3. The molecule has 2 heterocycles. The van der Waals surface area contributed by atoms with Crippen LogP contribution in [0.5, 0.6) is 0 Å². The summed E-state index contributed by atoms with van der Waals surface area (Å²) in [4.78, 5) is 13.0. The average molecular weight is 428 g/mol. The first kappa shape index (κ1) is 19.5. The molecule has 0 fully saturated rings. The number of esters is 1. The van der Waals surface area contributed by atoms with Gasteiger partial charge in [0.05, 0.1) is 20.4 Å². The summed E-state index contributed by atoms with van der Waals surface area (Å²) in [5.41, 5.74) is -0.0717. The number of carbonyl (C=O) groups is 1. The van der Waals surface area contributed by atoms with Gasteiger partial charge in [0.2, 0.25) is 10.0 Å². The quantitative estimate of drug-likeness (QED) is 0.557. The highest BCUT2D eigenvalue weighted by atomic mass is 35.5. The molecule has 1 aromatic carbocycles. The molecular formula is C16H14ClN3O5S2. The minimum Gasteiger partial charge on any atom is -0.452 e. The number of hydrogen-bond donors (Lipinski definition) is 0. The molecule has 8 nitrogen and oxygen atoms in total. The molecule has 142 valence electrons. The zero-order valence-corrected chi connectivity index (χ0v) is 16.6. The lowest BCUT2D eigenvalue weighted by molar-refractivity contribution is 0.0438. The van der Waals surface area contributed by atoms with Crippen molar-refractivity contribution < 1.29 is 22.4 Å². The summed E-state index contributed by atoms with van der Waals surface area (Å²) in [6, 6.07) is 7.49. The number of carbonyl (C=O) groups excluding carboxylic acids is 1. The van der Waals surface area contributed by atoms with Crippen LogP contribution in [-0.2, 0) is 21.4 Å². The third-order valence-electron chi connectivity index (χ3n) is 3.46. The number of rotatable bonds is 6. The van der Waals surface area contributed by atoms with E-state index in [1.807, 2.05) is 17.5 Å². The van der Waals surface area contributed by atoms with E-state index in [0.29, 0.717) is 5.89 Å². The van der Waals surface area contributed by atoms with Crippen LogP contribution < -0.4 is 0 Å². The molecule has 0 radical (unpaired) electrons. The van der Waals surface area contributed by atoms with Gasteiger partial charge in [0.15, 0.2) is 6.61 Å². The standard InChI is InChI=1S/C16H14ClN3O5S2/c1-20(2)27(22,23)10-5-6-12(17)11(8-10)16(21)24-9-14-18-19-15(25-14)13-4-3-7-26-13/h3-8H,9H2,1-2H3. The zero-order valence-electron chi connectivity index (χ0n) is 14.2. The van der Waals surface area contributed by atoms with Crippen molar-refractivity contribution in [2.45, 2.75) is 11.5 Å². The fourth-order valence-corrected chi connectivity index (χ4v) is 3.82. The molecule has 0 bridgehead atoms. The molecule has 0 saturated carbocycles. The molecule has 0 spiro atoms. The van der Waals surface area contributed by atoms with Gasteiger partial charge in [-0.05, 0) is 29.6 Å². The number of thiophene rings is 1. The molecule has 0 saturated heterocycles. The number of ether oxygens (including phenoxy) is 1. The summed E-state index contributed by atoms with van der Waals surface area (Å²) in [6.07, 6.45) is 0. The van der Waals surface area contributed by atoms with E-state index in [9.17, 15) is 13.2 Å². The van der Waals surface area contributed by atoms with Crippen molar-refractivity contribution in [3.63, 3.8) is 0 Å². The molecule has 0 amide bonds. The Kier molecular flexibility index (Phi) is 5.61. The maximum Gasteiger partial charge on any atom is 0.340 e. The second kappa shape index (κ2) is 7.77. The van der Waals surface area contributed by atoms with Gasteiger partial charge in [0, 0.05) is 14.1 Å². The van der Waals surface area contributed by atoms with Crippen molar-refractivity contribution in [2.75, 3.05) is 14.1 Å². The number of nitrogens with zero attached hydrogens (tertiary/aromatic N) is 3. The molecule has 0 unspecified atom stereocenters. The number of aromatic nitrogens is 2. The zero-order chi connectivity index (χ0) is 19.6.